The molecular weight excluding hydrogens is 352 g/mol. The Labute approximate surface area is 125 Å². The number of sulfonamides is 1. The first kappa shape index (κ1) is 17.0. The van der Waals surface area contributed by atoms with E-state index in [0.717, 1.165) is 4.31 Å². The molecule has 0 bridgehead atoms. The van der Waals surface area contributed by atoms with Gasteiger partial charge >= 0.3 is 0 Å². The lowest BCUT2D eigenvalue weighted by Crippen LogP contribution is -2.29. The molecule has 0 unspecified atom stereocenters. The van der Waals surface area contributed by atoms with Gasteiger partial charge < -0.3 is 4.74 Å². The van der Waals surface area contributed by atoms with Gasteiger partial charge in [-0.1, -0.05) is 15.9 Å². The minimum Gasteiger partial charge on any atom is -0.385 e. The molecule has 0 amide bonds. The van der Waals surface area contributed by atoms with E-state index >= 15 is 0 Å². The zero-order valence-electron chi connectivity index (χ0n) is 11.1. The normalized spacial score (nSPS) is 11.8. The Hall–Kier alpha value is -1.03. The molecule has 1 aromatic rings. The van der Waals surface area contributed by atoms with Gasteiger partial charge in [-0.05, 0) is 18.6 Å². The molecule has 0 aliphatic rings. The van der Waals surface area contributed by atoms with Gasteiger partial charge in [0, 0.05) is 37.8 Å². The smallest absolute Gasteiger partial charge is 0.289 e. The molecule has 0 heterocycles. The fourth-order valence-electron chi connectivity index (χ4n) is 1.57. The van der Waals surface area contributed by atoms with Crippen molar-refractivity contribution in [2.45, 2.75) is 11.3 Å². The third-order valence-corrected chi connectivity index (χ3v) is 5.01. The van der Waals surface area contributed by atoms with Gasteiger partial charge in [0.2, 0.25) is 10.0 Å². The molecule has 9 heteroatoms. The highest BCUT2D eigenvalue weighted by molar-refractivity contribution is 9.10. The molecular formula is C11H15BrN2O5S. The molecule has 7 nitrogen and oxygen atoms in total. The van der Waals surface area contributed by atoms with Crippen LogP contribution in [0.2, 0.25) is 0 Å². The zero-order chi connectivity index (χ0) is 15.3. The number of methoxy groups -OCH3 is 1. The highest BCUT2D eigenvalue weighted by Crippen LogP contribution is 2.29. The van der Waals surface area contributed by atoms with E-state index in [0.29, 0.717) is 17.5 Å². The van der Waals surface area contributed by atoms with E-state index in [1.165, 1.54) is 32.4 Å². The number of nitro benzene ring substituents is 1. The fourth-order valence-corrected chi connectivity index (χ4v) is 3.47. The van der Waals surface area contributed by atoms with Gasteiger partial charge in [0.25, 0.3) is 5.69 Å². The number of benzene rings is 1. The second-order valence-corrected chi connectivity index (χ2v) is 6.97. The molecule has 0 saturated carbocycles. The minimum atomic E-state index is -3.91. The monoisotopic (exact) mass is 366 g/mol. The van der Waals surface area contributed by atoms with E-state index in [1.54, 1.807) is 0 Å². The number of hydrogen-bond donors (Lipinski definition) is 0. The lowest BCUT2D eigenvalue weighted by atomic mass is 10.3. The molecule has 0 N–H and O–H groups in total. The summed E-state index contributed by atoms with van der Waals surface area (Å²) in [5.41, 5.74) is -0.438. The Morgan fingerprint density at radius 2 is 2.10 bits per heavy atom. The van der Waals surface area contributed by atoms with Crippen LogP contribution in [0.4, 0.5) is 5.69 Å². The zero-order valence-corrected chi connectivity index (χ0v) is 13.5. The molecule has 0 atom stereocenters. The van der Waals surface area contributed by atoms with E-state index < -0.39 is 20.6 Å². The van der Waals surface area contributed by atoms with Crippen LogP contribution in [0.15, 0.2) is 27.6 Å². The average molecular weight is 367 g/mol. The Morgan fingerprint density at radius 1 is 1.45 bits per heavy atom. The van der Waals surface area contributed by atoms with E-state index in [-0.39, 0.29) is 11.4 Å². The Bertz CT molecular complexity index is 590. The van der Waals surface area contributed by atoms with Gasteiger partial charge in [-0.25, -0.2) is 12.7 Å². The lowest BCUT2D eigenvalue weighted by Gasteiger charge is -2.17. The first-order valence-electron chi connectivity index (χ1n) is 5.70. The fraction of sp³-hybridized carbons (Fsp3) is 0.455. The maximum absolute atomic E-state index is 12.4. The van der Waals surface area contributed by atoms with E-state index in [1.807, 2.05) is 0 Å². The van der Waals surface area contributed by atoms with Crippen LogP contribution in [0, 0.1) is 10.1 Å². The molecule has 0 radical (unpaired) electrons. The van der Waals surface area contributed by atoms with Gasteiger partial charge in [0.1, 0.15) is 0 Å². The van der Waals surface area contributed by atoms with Crippen LogP contribution in [-0.2, 0) is 14.8 Å². The van der Waals surface area contributed by atoms with Gasteiger partial charge in [-0.2, -0.15) is 0 Å². The first-order chi connectivity index (χ1) is 9.30. The number of nitrogens with zero attached hydrogens (tertiary/aromatic N) is 2. The summed E-state index contributed by atoms with van der Waals surface area (Å²) < 4.78 is 31.1. The highest BCUT2D eigenvalue weighted by atomic mass is 79.9. The third-order valence-electron chi connectivity index (χ3n) is 2.63. The molecule has 20 heavy (non-hydrogen) atoms. The molecule has 0 aromatic heterocycles. The van der Waals surface area contributed by atoms with Crippen molar-refractivity contribution in [1.82, 2.24) is 4.31 Å². The van der Waals surface area contributed by atoms with E-state index in [9.17, 15) is 18.5 Å². The van der Waals surface area contributed by atoms with Gasteiger partial charge in [-0.3, -0.25) is 10.1 Å². The number of ether oxygens (including phenoxy) is 1. The van der Waals surface area contributed by atoms with Crippen LogP contribution < -0.4 is 0 Å². The summed E-state index contributed by atoms with van der Waals surface area (Å²) in [6.45, 7) is 0.639. The maximum atomic E-state index is 12.4. The SMILES string of the molecule is COCCCN(C)S(=O)(=O)c1cc(Br)ccc1[N+](=O)[O-]. The van der Waals surface area contributed by atoms with E-state index in [4.69, 9.17) is 4.74 Å². The number of halogens is 1. The van der Waals surface area contributed by atoms with E-state index in [2.05, 4.69) is 15.9 Å². The van der Waals surface area contributed by atoms with Crippen molar-refractivity contribution in [3.05, 3.63) is 32.8 Å². The summed E-state index contributed by atoms with van der Waals surface area (Å²) in [7, 11) is -1.01. The summed E-state index contributed by atoms with van der Waals surface area (Å²) in [6.07, 6.45) is 0.508. The van der Waals surface area contributed by atoms with Crippen LogP contribution in [0.1, 0.15) is 6.42 Å². The van der Waals surface area contributed by atoms with Crippen LogP contribution in [0.3, 0.4) is 0 Å². The van der Waals surface area contributed by atoms with Crippen LogP contribution in [0.25, 0.3) is 0 Å². The van der Waals surface area contributed by atoms with Gasteiger partial charge in [-0.15, -0.1) is 0 Å². The van der Waals surface area contributed by atoms with Crippen LogP contribution in [0.5, 0.6) is 0 Å². The number of rotatable bonds is 7. The van der Waals surface area contributed by atoms with Crippen molar-refractivity contribution in [2.75, 3.05) is 27.3 Å². The highest BCUT2D eigenvalue weighted by Gasteiger charge is 2.29. The van der Waals surface area contributed by atoms with Crippen molar-refractivity contribution in [2.24, 2.45) is 0 Å². The van der Waals surface area contributed by atoms with Crippen molar-refractivity contribution >= 4 is 31.6 Å². The van der Waals surface area contributed by atoms with Gasteiger partial charge in [0.15, 0.2) is 4.90 Å². The molecule has 1 rings (SSSR count). The predicted octanol–water partition coefficient (Wildman–Crippen LogP) is 2.01. The second-order valence-electron chi connectivity index (χ2n) is 4.04. The summed E-state index contributed by atoms with van der Waals surface area (Å²) >= 11 is 3.13. The minimum absolute atomic E-state index is 0.222. The molecule has 0 saturated heterocycles. The maximum Gasteiger partial charge on any atom is 0.289 e. The van der Waals surface area contributed by atoms with Crippen molar-refractivity contribution in [1.29, 1.82) is 0 Å². The molecule has 112 valence electrons. The molecule has 0 fully saturated rings. The molecule has 0 aliphatic heterocycles. The van der Waals surface area contributed by atoms with Crippen LogP contribution >= 0.6 is 15.9 Å². The quantitative estimate of drug-likeness (QED) is 0.418. The molecule has 0 aliphatic carbocycles. The average Bonchev–Trinajstić information content (AvgIpc) is 2.38. The molecule has 0 spiro atoms. The molecule has 1 aromatic carbocycles. The second kappa shape index (κ2) is 7.11. The van der Waals surface area contributed by atoms with Crippen molar-refractivity contribution in [3.8, 4) is 0 Å². The standard InChI is InChI=1S/C11H15BrN2O5S/c1-13(6-3-7-19-2)20(17,18)11-8-9(12)4-5-10(11)14(15)16/h4-5,8H,3,6-7H2,1-2H3. The summed E-state index contributed by atoms with van der Waals surface area (Å²) in [4.78, 5) is 9.92. The first-order valence-corrected chi connectivity index (χ1v) is 7.93. The van der Waals surface area contributed by atoms with Crippen molar-refractivity contribution in [3.63, 3.8) is 0 Å². The third kappa shape index (κ3) is 3.98. The van der Waals surface area contributed by atoms with Gasteiger partial charge in [0.05, 0.1) is 4.92 Å². The van der Waals surface area contributed by atoms with Crippen LogP contribution in [-0.4, -0.2) is 45.0 Å². The Kier molecular flexibility index (Phi) is 6.06. The lowest BCUT2D eigenvalue weighted by molar-refractivity contribution is -0.387. The number of nitro groups is 1. The summed E-state index contributed by atoms with van der Waals surface area (Å²) in [6, 6.07) is 3.84. The largest absolute Gasteiger partial charge is 0.385 e. The number of hydrogen-bond acceptors (Lipinski definition) is 5. The van der Waals surface area contributed by atoms with Crippen molar-refractivity contribution < 1.29 is 18.1 Å². The Balaban J connectivity index is 3.14. The predicted molar refractivity (Wildman–Crippen MR) is 77.1 cm³/mol. The summed E-state index contributed by atoms with van der Waals surface area (Å²) in [5.74, 6) is 0. The Morgan fingerprint density at radius 3 is 2.65 bits per heavy atom. The topological polar surface area (TPSA) is 89.8 Å². The summed E-state index contributed by atoms with van der Waals surface area (Å²) in [5, 5.41) is 10.9.